The van der Waals surface area contributed by atoms with E-state index in [0.29, 0.717) is 11.6 Å². The standard InChI is InChI=1S/C28H37NO8/c1-16(24(31)29-20-9-7-6-8-18(20)13-22(29)37-26(33)34)12-17(2)25(32)35-15-23(30)36-21-14-19-10-11-28(21,5)27(19,3)4/h6-9,16-17,19,21-22H,10-15H2,1-5H3,(H,33,34)/t16-,17-,19?,21?,22+,28?/m1/s1. The van der Waals surface area contributed by atoms with E-state index >= 15 is 0 Å². The third kappa shape index (κ3) is 4.92. The molecule has 37 heavy (non-hydrogen) atoms. The van der Waals surface area contributed by atoms with Crippen molar-refractivity contribution in [3.63, 3.8) is 0 Å². The minimum atomic E-state index is -1.46. The Kier molecular flexibility index (Phi) is 7.27. The number of fused-ring (bicyclic) bond motifs is 3. The molecule has 6 atom stereocenters. The third-order valence-electron chi connectivity index (χ3n) is 9.26. The molecule has 2 bridgehead atoms. The molecule has 1 amide bonds. The molecule has 0 aromatic heterocycles. The zero-order valence-electron chi connectivity index (χ0n) is 22.2. The Bertz CT molecular complexity index is 1080. The molecule has 0 saturated heterocycles. The summed E-state index contributed by atoms with van der Waals surface area (Å²) in [5.74, 6) is -2.22. The van der Waals surface area contributed by atoms with Gasteiger partial charge >= 0.3 is 18.1 Å². The number of hydrogen-bond donors (Lipinski definition) is 1. The number of anilines is 1. The van der Waals surface area contributed by atoms with Gasteiger partial charge in [-0.1, -0.05) is 52.8 Å². The summed E-state index contributed by atoms with van der Waals surface area (Å²) in [6, 6.07) is 7.15. The molecule has 3 aliphatic rings. The number of carbonyl (C=O) groups is 4. The van der Waals surface area contributed by atoms with Crippen LogP contribution in [0, 0.1) is 28.6 Å². The first-order chi connectivity index (χ1) is 17.3. The van der Waals surface area contributed by atoms with Gasteiger partial charge in [0.2, 0.25) is 5.91 Å². The fraction of sp³-hybridized carbons (Fsp3) is 0.643. The lowest BCUT2D eigenvalue weighted by atomic mass is 9.70. The SMILES string of the molecule is C[C@H](C[C@@H](C)C(=O)N1c2ccccc2C[C@@H]1OC(=O)O)C(=O)OCC(=O)OC1CC2CCC1(C)C2(C)C. The Balaban J connectivity index is 1.29. The first-order valence-electron chi connectivity index (χ1n) is 13.0. The van der Waals surface area contributed by atoms with Gasteiger partial charge < -0.3 is 19.3 Å². The van der Waals surface area contributed by atoms with E-state index in [9.17, 15) is 19.2 Å². The highest BCUT2D eigenvalue weighted by atomic mass is 16.7. The predicted octanol–water partition coefficient (Wildman–Crippen LogP) is 4.56. The lowest BCUT2D eigenvalue weighted by molar-refractivity contribution is -0.169. The summed E-state index contributed by atoms with van der Waals surface area (Å²) in [5, 5.41) is 9.11. The van der Waals surface area contributed by atoms with Crippen LogP contribution in [0.5, 0.6) is 0 Å². The first-order valence-corrected chi connectivity index (χ1v) is 13.0. The van der Waals surface area contributed by atoms with Crippen LogP contribution in [-0.2, 0) is 35.0 Å². The predicted molar refractivity (Wildman–Crippen MR) is 134 cm³/mol. The van der Waals surface area contributed by atoms with Crippen LogP contribution in [0.25, 0.3) is 0 Å². The summed E-state index contributed by atoms with van der Waals surface area (Å²) in [5.41, 5.74) is 1.45. The van der Waals surface area contributed by atoms with Crippen LogP contribution in [-0.4, -0.2) is 48.0 Å². The number of nitrogens with zero attached hydrogens (tertiary/aromatic N) is 1. The number of rotatable bonds is 8. The van der Waals surface area contributed by atoms with Gasteiger partial charge in [0.05, 0.1) is 11.6 Å². The summed E-state index contributed by atoms with van der Waals surface area (Å²) in [7, 11) is 0. The second-order valence-electron chi connectivity index (χ2n) is 11.6. The van der Waals surface area contributed by atoms with Crippen molar-refractivity contribution in [2.75, 3.05) is 11.5 Å². The average molecular weight is 516 g/mol. The molecule has 1 heterocycles. The van der Waals surface area contributed by atoms with Crippen molar-refractivity contribution < 1.29 is 38.5 Å². The van der Waals surface area contributed by atoms with Crippen molar-refractivity contribution in [3.8, 4) is 0 Å². The van der Waals surface area contributed by atoms with Crippen molar-refractivity contribution in [1.82, 2.24) is 0 Å². The zero-order valence-corrected chi connectivity index (χ0v) is 22.2. The number of amides is 1. The van der Waals surface area contributed by atoms with E-state index in [2.05, 4.69) is 20.8 Å². The number of ether oxygens (including phenoxy) is 3. The number of carbonyl (C=O) groups excluding carboxylic acids is 3. The number of hydrogen-bond acceptors (Lipinski definition) is 7. The quantitative estimate of drug-likeness (QED) is 0.395. The Hall–Kier alpha value is -3.10. The number of para-hydroxylation sites is 1. The maximum Gasteiger partial charge on any atom is 0.507 e. The van der Waals surface area contributed by atoms with E-state index in [-0.39, 0.29) is 35.7 Å². The highest BCUT2D eigenvalue weighted by molar-refractivity contribution is 5.97. The molecule has 9 heteroatoms. The van der Waals surface area contributed by atoms with Crippen molar-refractivity contribution in [1.29, 1.82) is 0 Å². The average Bonchev–Trinajstić information content (AvgIpc) is 3.36. The molecule has 0 spiro atoms. The van der Waals surface area contributed by atoms with Crippen molar-refractivity contribution in [2.24, 2.45) is 28.6 Å². The Morgan fingerprint density at radius 1 is 1.08 bits per heavy atom. The third-order valence-corrected chi connectivity index (χ3v) is 9.26. The van der Waals surface area contributed by atoms with Crippen LogP contribution in [0.4, 0.5) is 10.5 Å². The van der Waals surface area contributed by atoms with Crippen LogP contribution >= 0.6 is 0 Å². The summed E-state index contributed by atoms with van der Waals surface area (Å²) < 4.78 is 15.9. The number of esters is 2. The molecular formula is C28H37NO8. The lowest BCUT2D eigenvalue weighted by Gasteiger charge is -2.38. The molecule has 1 aliphatic heterocycles. The van der Waals surface area contributed by atoms with Crippen LogP contribution in [0.15, 0.2) is 24.3 Å². The van der Waals surface area contributed by atoms with Gasteiger partial charge in [-0.15, -0.1) is 0 Å². The fourth-order valence-corrected chi connectivity index (χ4v) is 6.56. The molecule has 1 N–H and O–H groups in total. The van der Waals surface area contributed by atoms with Gasteiger partial charge in [0.15, 0.2) is 12.8 Å². The van der Waals surface area contributed by atoms with Crippen LogP contribution < -0.4 is 4.90 Å². The van der Waals surface area contributed by atoms with Crippen LogP contribution in [0.2, 0.25) is 0 Å². The molecule has 3 unspecified atom stereocenters. The molecule has 1 aromatic rings. The topological polar surface area (TPSA) is 119 Å². The summed E-state index contributed by atoms with van der Waals surface area (Å²) in [6.07, 6.45) is 0.839. The molecule has 2 fully saturated rings. The summed E-state index contributed by atoms with van der Waals surface area (Å²) in [6.45, 7) is 9.50. The molecule has 1 aromatic carbocycles. The van der Waals surface area contributed by atoms with Crippen LogP contribution in [0.1, 0.15) is 65.9 Å². The minimum absolute atomic E-state index is 0.0726. The highest BCUT2D eigenvalue weighted by Crippen LogP contribution is 2.66. The van der Waals surface area contributed by atoms with E-state index in [0.717, 1.165) is 24.8 Å². The van der Waals surface area contributed by atoms with Gasteiger partial charge in [0.25, 0.3) is 0 Å². The van der Waals surface area contributed by atoms with Crippen LogP contribution in [0.3, 0.4) is 0 Å². The molecule has 4 rings (SSSR count). The fourth-order valence-electron chi connectivity index (χ4n) is 6.56. The van der Waals surface area contributed by atoms with Gasteiger partial charge in [-0.05, 0) is 48.6 Å². The van der Waals surface area contributed by atoms with Gasteiger partial charge in [0, 0.05) is 17.8 Å². The van der Waals surface area contributed by atoms with E-state index < -0.39 is 42.8 Å². The van der Waals surface area contributed by atoms with Gasteiger partial charge in [0.1, 0.15) is 6.10 Å². The van der Waals surface area contributed by atoms with E-state index in [1.54, 1.807) is 26.0 Å². The second-order valence-corrected chi connectivity index (χ2v) is 11.6. The lowest BCUT2D eigenvalue weighted by Crippen LogP contribution is -2.43. The van der Waals surface area contributed by atoms with Gasteiger partial charge in [-0.3, -0.25) is 14.5 Å². The normalized spacial score (nSPS) is 28.8. The van der Waals surface area contributed by atoms with Gasteiger partial charge in [-0.25, -0.2) is 9.59 Å². The Morgan fingerprint density at radius 2 is 1.78 bits per heavy atom. The molecule has 2 aliphatic carbocycles. The first kappa shape index (κ1) is 26.9. The zero-order chi connectivity index (χ0) is 27.1. The minimum Gasteiger partial charge on any atom is -0.459 e. The summed E-state index contributed by atoms with van der Waals surface area (Å²) >= 11 is 0. The van der Waals surface area contributed by atoms with Crippen molar-refractivity contribution >= 4 is 29.7 Å². The second kappa shape index (κ2) is 9.99. The Morgan fingerprint density at radius 3 is 2.41 bits per heavy atom. The monoisotopic (exact) mass is 515 g/mol. The maximum atomic E-state index is 13.3. The Labute approximate surface area is 217 Å². The molecule has 9 nitrogen and oxygen atoms in total. The maximum absolute atomic E-state index is 13.3. The van der Waals surface area contributed by atoms with E-state index in [1.165, 1.54) is 4.90 Å². The number of carboxylic acid groups (broad SMARTS) is 1. The largest absolute Gasteiger partial charge is 0.507 e. The molecule has 0 radical (unpaired) electrons. The van der Waals surface area contributed by atoms with Gasteiger partial charge in [-0.2, -0.15) is 0 Å². The smallest absolute Gasteiger partial charge is 0.459 e. The molecular weight excluding hydrogens is 478 g/mol. The highest BCUT2D eigenvalue weighted by Gasteiger charge is 2.62. The number of benzene rings is 1. The summed E-state index contributed by atoms with van der Waals surface area (Å²) in [4.78, 5) is 50.9. The van der Waals surface area contributed by atoms with Crippen molar-refractivity contribution in [3.05, 3.63) is 29.8 Å². The van der Waals surface area contributed by atoms with E-state index in [4.69, 9.17) is 19.3 Å². The molecule has 2 saturated carbocycles. The molecule has 202 valence electrons. The van der Waals surface area contributed by atoms with E-state index in [1.807, 2.05) is 12.1 Å². The van der Waals surface area contributed by atoms with Crippen molar-refractivity contribution in [2.45, 2.75) is 79.1 Å².